The number of allylic oxidation sites excluding steroid dienone is 1. The molecule has 4 heteroatoms. The number of hydrogen-bond acceptors (Lipinski definition) is 3. The molecule has 1 rings (SSSR count). The van der Waals surface area contributed by atoms with Gasteiger partial charge in [-0.3, -0.25) is 9.80 Å². The first-order chi connectivity index (χ1) is 6.61. The first-order valence-corrected chi connectivity index (χ1v) is 4.78. The number of amides is 1. The lowest BCUT2D eigenvalue weighted by molar-refractivity contribution is -0.132. The van der Waals surface area contributed by atoms with E-state index in [0.717, 1.165) is 6.42 Å². The number of nitrogens with zero attached hydrogens (tertiary/aromatic N) is 3. The Morgan fingerprint density at radius 2 is 2.36 bits per heavy atom. The SMILES string of the molecule is CC(CN1C=CCC=N1)C(=O)N(C)C. The molecule has 0 fully saturated rings. The highest BCUT2D eigenvalue weighted by molar-refractivity contribution is 5.78. The van der Waals surface area contributed by atoms with E-state index in [2.05, 4.69) is 5.10 Å². The van der Waals surface area contributed by atoms with Crippen LogP contribution in [0.15, 0.2) is 17.4 Å². The summed E-state index contributed by atoms with van der Waals surface area (Å²) in [5, 5.41) is 5.96. The molecule has 4 nitrogen and oxygen atoms in total. The van der Waals surface area contributed by atoms with Crippen molar-refractivity contribution in [3.8, 4) is 0 Å². The van der Waals surface area contributed by atoms with Crippen LogP contribution in [0, 0.1) is 5.92 Å². The molecule has 1 amide bonds. The minimum Gasteiger partial charge on any atom is -0.349 e. The average Bonchev–Trinajstić information content (AvgIpc) is 2.18. The van der Waals surface area contributed by atoms with Crippen LogP contribution < -0.4 is 0 Å². The van der Waals surface area contributed by atoms with E-state index in [1.165, 1.54) is 0 Å². The zero-order chi connectivity index (χ0) is 10.6. The normalized spacial score (nSPS) is 16.9. The molecular weight excluding hydrogens is 178 g/mol. The maximum atomic E-state index is 11.5. The highest BCUT2D eigenvalue weighted by Crippen LogP contribution is 2.06. The van der Waals surface area contributed by atoms with Crippen molar-refractivity contribution in [2.45, 2.75) is 13.3 Å². The Hall–Kier alpha value is -1.32. The van der Waals surface area contributed by atoms with Crippen LogP contribution in [-0.4, -0.2) is 42.7 Å². The van der Waals surface area contributed by atoms with Gasteiger partial charge in [0, 0.05) is 32.9 Å². The van der Waals surface area contributed by atoms with E-state index in [1.54, 1.807) is 24.0 Å². The summed E-state index contributed by atoms with van der Waals surface area (Å²) in [7, 11) is 3.54. The van der Waals surface area contributed by atoms with Gasteiger partial charge in [0.2, 0.25) is 5.91 Å². The lowest BCUT2D eigenvalue weighted by Crippen LogP contribution is -2.33. The van der Waals surface area contributed by atoms with Crippen LogP contribution in [0.4, 0.5) is 0 Å². The summed E-state index contributed by atoms with van der Waals surface area (Å²) in [6.07, 6.45) is 6.67. The zero-order valence-corrected chi connectivity index (χ0v) is 8.97. The molecule has 0 aliphatic carbocycles. The molecule has 0 bridgehead atoms. The van der Waals surface area contributed by atoms with Gasteiger partial charge in [-0.25, -0.2) is 0 Å². The summed E-state index contributed by atoms with van der Waals surface area (Å²) in [4.78, 5) is 13.2. The van der Waals surface area contributed by atoms with Crippen molar-refractivity contribution in [3.05, 3.63) is 12.3 Å². The van der Waals surface area contributed by atoms with Gasteiger partial charge in [-0.05, 0) is 0 Å². The van der Waals surface area contributed by atoms with Crippen molar-refractivity contribution in [1.82, 2.24) is 9.91 Å². The first kappa shape index (κ1) is 10.8. The second-order valence-corrected chi connectivity index (χ2v) is 3.67. The summed E-state index contributed by atoms with van der Waals surface area (Å²) in [5.74, 6) is 0.115. The fourth-order valence-corrected chi connectivity index (χ4v) is 1.34. The summed E-state index contributed by atoms with van der Waals surface area (Å²) in [5.41, 5.74) is 0. The molecule has 0 spiro atoms. The highest BCUT2D eigenvalue weighted by atomic mass is 16.2. The molecule has 1 heterocycles. The monoisotopic (exact) mass is 195 g/mol. The fraction of sp³-hybridized carbons (Fsp3) is 0.600. The minimum atomic E-state index is -0.0232. The Morgan fingerprint density at radius 3 is 2.86 bits per heavy atom. The van der Waals surface area contributed by atoms with E-state index in [4.69, 9.17) is 0 Å². The third-order valence-electron chi connectivity index (χ3n) is 2.07. The Bertz CT molecular complexity index is 246. The zero-order valence-electron chi connectivity index (χ0n) is 8.97. The highest BCUT2D eigenvalue weighted by Gasteiger charge is 2.17. The molecule has 0 radical (unpaired) electrons. The molecule has 1 atom stereocenters. The predicted octanol–water partition coefficient (Wildman–Crippen LogP) is 0.916. The lowest BCUT2D eigenvalue weighted by Gasteiger charge is -2.22. The molecule has 1 aliphatic rings. The maximum Gasteiger partial charge on any atom is 0.226 e. The lowest BCUT2D eigenvalue weighted by atomic mass is 10.1. The smallest absolute Gasteiger partial charge is 0.226 e. The molecule has 78 valence electrons. The van der Waals surface area contributed by atoms with E-state index < -0.39 is 0 Å². The topological polar surface area (TPSA) is 35.9 Å². The summed E-state index contributed by atoms with van der Waals surface area (Å²) >= 11 is 0. The Labute approximate surface area is 84.9 Å². The van der Waals surface area contributed by atoms with Crippen LogP contribution in [0.5, 0.6) is 0 Å². The standard InChI is InChI=1S/C10H17N3O/c1-9(10(14)12(2)3)8-13-7-5-4-6-11-13/h5-7,9H,4,8H2,1-3H3. The van der Waals surface area contributed by atoms with Gasteiger partial charge in [0.1, 0.15) is 0 Å². The molecule has 0 N–H and O–H groups in total. The number of hydrogen-bond donors (Lipinski definition) is 0. The van der Waals surface area contributed by atoms with Crippen molar-refractivity contribution < 1.29 is 4.79 Å². The summed E-state index contributed by atoms with van der Waals surface area (Å²) < 4.78 is 0. The van der Waals surface area contributed by atoms with Gasteiger partial charge in [-0.2, -0.15) is 5.10 Å². The minimum absolute atomic E-state index is 0.0232. The summed E-state index contributed by atoms with van der Waals surface area (Å²) in [6.45, 7) is 2.56. The van der Waals surface area contributed by atoms with E-state index in [9.17, 15) is 4.79 Å². The molecule has 0 saturated carbocycles. The van der Waals surface area contributed by atoms with Gasteiger partial charge >= 0.3 is 0 Å². The molecule has 14 heavy (non-hydrogen) atoms. The van der Waals surface area contributed by atoms with Gasteiger partial charge in [-0.1, -0.05) is 13.0 Å². The van der Waals surface area contributed by atoms with Crippen molar-refractivity contribution >= 4 is 12.1 Å². The number of carbonyl (C=O) groups excluding carboxylic acids is 1. The third-order valence-corrected chi connectivity index (χ3v) is 2.07. The Balaban J connectivity index is 2.43. The van der Waals surface area contributed by atoms with E-state index in [0.29, 0.717) is 6.54 Å². The first-order valence-electron chi connectivity index (χ1n) is 4.78. The number of hydrazone groups is 1. The number of carbonyl (C=O) groups is 1. The van der Waals surface area contributed by atoms with Gasteiger partial charge < -0.3 is 4.90 Å². The van der Waals surface area contributed by atoms with Gasteiger partial charge in [0.15, 0.2) is 0 Å². The van der Waals surface area contributed by atoms with Crippen LogP contribution in [0.1, 0.15) is 13.3 Å². The fourth-order valence-electron chi connectivity index (χ4n) is 1.34. The van der Waals surface area contributed by atoms with Crippen molar-refractivity contribution in [2.24, 2.45) is 11.0 Å². The van der Waals surface area contributed by atoms with Gasteiger partial charge in [-0.15, -0.1) is 0 Å². The molecule has 0 aromatic heterocycles. The van der Waals surface area contributed by atoms with Gasteiger partial charge in [0.25, 0.3) is 0 Å². The van der Waals surface area contributed by atoms with Crippen molar-refractivity contribution in [1.29, 1.82) is 0 Å². The van der Waals surface area contributed by atoms with Crippen LogP contribution in [0.3, 0.4) is 0 Å². The third kappa shape index (κ3) is 2.87. The van der Waals surface area contributed by atoms with Crippen molar-refractivity contribution in [2.75, 3.05) is 20.6 Å². The quantitative estimate of drug-likeness (QED) is 0.671. The number of rotatable bonds is 3. The summed E-state index contributed by atoms with van der Waals surface area (Å²) in [6, 6.07) is 0. The molecular formula is C10H17N3O. The second-order valence-electron chi connectivity index (χ2n) is 3.67. The maximum absolute atomic E-state index is 11.5. The van der Waals surface area contributed by atoms with Crippen molar-refractivity contribution in [3.63, 3.8) is 0 Å². The second kappa shape index (κ2) is 4.79. The van der Waals surface area contributed by atoms with Crippen LogP contribution in [0.2, 0.25) is 0 Å². The average molecular weight is 195 g/mol. The van der Waals surface area contributed by atoms with E-state index in [-0.39, 0.29) is 11.8 Å². The molecule has 0 aromatic rings. The largest absolute Gasteiger partial charge is 0.349 e. The molecule has 0 saturated heterocycles. The van der Waals surface area contributed by atoms with Crippen LogP contribution >= 0.6 is 0 Å². The van der Waals surface area contributed by atoms with Crippen LogP contribution in [0.25, 0.3) is 0 Å². The van der Waals surface area contributed by atoms with E-state index in [1.807, 2.05) is 25.4 Å². The molecule has 1 unspecified atom stereocenters. The predicted molar refractivity (Wildman–Crippen MR) is 56.8 cm³/mol. The molecule has 1 aliphatic heterocycles. The van der Waals surface area contributed by atoms with Gasteiger partial charge in [0.05, 0.1) is 12.5 Å². The van der Waals surface area contributed by atoms with Crippen LogP contribution in [-0.2, 0) is 4.79 Å². The Morgan fingerprint density at radius 1 is 1.64 bits per heavy atom. The molecule has 0 aromatic carbocycles. The van der Waals surface area contributed by atoms with E-state index >= 15 is 0 Å². The Kier molecular flexibility index (Phi) is 3.68.